The largest absolute Gasteiger partial charge is 0.497 e. The van der Waals surface area contributed by atoms with Crippen LogP contribution in [0.4, 0.5) is 5.69 Å². The number of carbonyl (C=O) groups excluding carboxylic acids is 2. The predicted octanol–water partition coefficient (Wildman–Crippen LogP) is 3.68. The van der Waals surface area contributed by atoms with E-state index in [9.17, 15) is 19.7 Å². The van der Waals surface area contributed by atoms with E-state index in [1.54, 1.807) is 7.11 Å². The summed E-state index contributed by atoms with van der Waals surface area (Å²) in [4.78, 5) is 34.7. The molecule has 0 saturated heterocycles. The van der Waals surface area contributed by atoms with E-state index in [0.29, 0.717) is 5.92 Å². The molecule has 1 aliphatic carbocycles. The summed E-state index contributed by atoms with van der Waals surface area (Å²) in [5, 5.41) is 13.7. The molecule has 0 radical (unpaired) electrons. The predicted molar refractivity (Wildman–Crippen MR) is 105 cm³/mol. The first-order valence-corrected chi connectivity index (χ1v) is 9.31. The molecule has 3 rings (SSSR count). The van der Waals surface area contributed by atoms with Gasteiger partial charge in [-0.15, -0.1) is 0 Å². The first-order valence-electron chi connectivity index (χ1n) is 8.93. The molecule has 1 amide bonds. The molecule has 1 fully saturated rings. The van der Waals surface area contributed by atoms with Gasteiger partial charge in [0, 0.05) is 6.07 Å². The minimum atomic E-state index is -0.840. The third-order valence-electron chi connectivity index (χ3n) is 4.60. The highest BCUT2D eigenvalue weighted by Gasteiger charge is 2.33. The Labute approximate surface area is 171 Å². The van der Waals surface area contributed by atoms with Crippen molar-refractivity contribution in [2.45, 2.75) is 18.9 Å². The lowest BCUT2D eigenvalue weighted by Crippen LogP contribution is -2.33. The van der Waals surface area contributed by atoms with Gasteiger partial charge in [0.1, 0.15) is 10.8 Å². The summed E-state index contributed by atoms with van der Waals surface area (Å²) in [6.45, 7) is -0.491. The second kappa shape index (κ2) is 8.91. The number of benzene rings is 2. The number of nitro benzene ring substituents is 1. The van der Waals surface area contributed by atoms with Crippen molar-refractivity contribution < 1.29 is 24.0 Å². The lowest BCUT2D eigenvalue weighted by molar-refractivity contribution is -0.384. The molecular weight excluding hydrogens is 400 g/mol. The van der Waals surface area contributed by atoms with Crippen molar-refractivity contribution in [3.63, 3.8) is 0 Å². The standard InChI is InChI=1S/C20H19ClN2O6/c1-28-15-7-4-13(5-8-15)19(12-2-3-12)22-18(24)11-29-20(25)14-6-9-16(21)17(10-14)23(26)27/h4-10,12,19H,2-3,11H2,1H3,(H,22,24). The fourth-order valence-electron chi connectivity index (χ4n) is 2.92. The van der Waals surface area contributed by atoms with Gasteiger partial charge in [-0.3, -0.25) is 14.9 Å². The van der Waals surface area contributed by atoms with Crippen LogP contribution in [-0.4, -0.2) is 30.5 Å². The van der Waals surface area contributed by atoms with Gasteiger partial charge >= 0.3 is 5.97 Å². The van der Waals surface area contributed by atoms with E-state index >= 15 is 0 Å². The SMILES string of the molecule is COc1ccc(C(NC(=O)COC(=O)c2ccc(Cl)c([N+](=O)[O-])c2)C2CC2)cc1. The number of esters is 1. The number of amides is 1. The number of rotatable bonds is 8. The Morgan fingerprint density at radius 2 is 1.93 bits per heavy atom. The summed E-state index contributed by atoms with van der Waals surface area (Å²) in [6.07, 6.45) is 2.01. The van der Waals surface area contributed by atoms with Gasteiger partial charge in [-0.25, -0.2) is 4.79 Å². The molecule has 29 heavy (non-hydrogen) atoms. The monoisotopic (exact) mass is 418 g/mol. The van der Waals surface area contributed by atoms with Crippen molar-refractivity contribution in [1.29, 1.82) is 0 Å². The Bertz CT molecular complexity index is 927. The third kappa shape index (κ3) is 5.23. The van der Waals surface area contributed by atoms with Gasteiger partial charge in [-0.1, -0.05) is 23.7 Å². The maximum Gasteiger partial charge on any atom is 0.338 e. The van der Waals surface area contributed by atoms with Gasteiger partial charge in [0.25, 0.3) is 11.6 Å². The molecule has 2 aromatic rings. The van der Waals surface area contributed by atoms with Crippen LogP contribution in [0.25, 0.3) is 0 Å². The second-order valence-corrected chi connectivity index (χ2v) is 7.06. The minimum absolute atomic E-state index is 0.0530. The molecule has 1 atom stereocenters. The molecule has 8 nitrogen and oxygen atoms in total. The summed E-state index contributed by atoms with van der Waals surface area (Å²) in [6, 6.07) is 10.8. The Balaban J connectivity index is 1.60. The number of nitro groups is 1. The molecule has 1 N–H and O–H groups in total. The smallest absolute Gasteiger partial charge is 0.338 e. The maximum atomic E-state index is 12.3. The fraction of sp³-hybridized carbons (Fsp3) is 0.300. The van der Waals surface area contributed by atoms with Crippen molar-refractivity contribution in [2.75, 3.05) is 13.7 Å². The Morgan fingerprint density at radius 1 is 1.24 bits per heavy atom. The van der Waals surface area contributed by atoms with Gasteiger partial charge in [-0.2, -0.15) is 0 Å². The number of ether oxygens (including phenoxy) is 2. The molecule has 2 aromatic carbocycles. The molecular formula is C20H19ClN2O6. The van der Waals surface area contributed by atoms with Crippen LogP contribution in [0, 0.1) is 16.0 Å². The molecule has 0 aromatic heterocycles. The van der Waals surface area contributed by atoms with Crippen molar-refractivity contribution >= 4 is 29.2 Å². The number of methoxy groups -OCH3 is 1. The van der Waals surface area contributed by atoms with Crippen LogP contribution in [0.3, 0.4) is 0 Å². The van der Waals surface area contributed by atoms with Crippen LogP contribution in [0.2, 0.25) is 5.02 Å². The highest BCUT2D eigenvalue weighted by atomic mass is 35.5. The summed E-state index contributed by atoms with van der Waals surface area (Å²) < 4.78 is 10.1. The second-order valence-electron chi connectivity index (χ2n) is 6.66. The summed E-state index contributed by atoms with van der Waals surface area (Å²) in [7, 11) is 1.58. The van der Waals surface area contributed by atoms with Crippen LogP contribution in [0.15, 0.2) is 42.5 Å². The number of halogens is 1. The van der Waals surface area contributed by atoms with Crippen molar-refractivity contribution in [1.82, 2.24) is 5.32 Å². The van der Waals surface area contributed by atoms with E-state index in [-0.39, 0.29) is 16.6 Å². The lowest BCUT2D eigenvalue weighted by atomic mass is 10.0. The zero-order valence-corrected chi connectivity index (χ0v) is 16.3. The molecule has 0 heterocycles. The van der Waals surface area contributed by atoms with Crippen LogP contribution in [0.5, 0.6) is 5.75 Å². The van der Waals surface area contributed by atoms with Crippen LogP contribution in [0.1, 0.15) is 34.8 Å². The van der Waals surface area contributed by atoms with E-state index in [4.69, 9.17) is 21.1 Å². The number of carbonyl (C=O) groups is 2. The van der Waals surface area contributed by atoms with Crippen molar-refractivity contribution in [2.24, 2.45) is 5.92 Å². The molecule has 152 valence electrons. The Kier molecular flexibility index (Phi) is 6.33. The highest BCUT2D eigenvalue weighted by Crippen LogP contribution is 2.41. The zero-order valence-electron chi connectivity index (χ0n) is 15.6. The number of nitrogens with one attached hydrogen (secondary N) is 1. The van der Waals surface area contributed by atoms with Gasteiger partial charge < -0.3 is 14.8 Å². The quantitative estimate of drug-likeness (QED) is 0.398. The van der Waals surface area contributed by atoms with Crippen LogP contribution >= 0.6 is 11.6 Å². The minimum Gasteiger partial charge on any atom is -0.497 e. The molecule has 1 aliphatic rings. The number of hydrogen-bond donors (Lipinski definition) is 1. The Hall–Kier alpha value is -3.13. The van der Waals surface area contributed by atoms with E-state index in [2.05, 4.69) is 5.32 Å². The molecule has 1 saturated carbocycles. The number of hydrogen-bond acceptors (Lipinski definition) is 6. The van der Waals surface area contributed by atoms with Gasteiger partial charge in [0.05, 0.1) is 23.6 Å². The van der Waals surface area contributed by atoms with Gasteiger partial charge in [-0.05, 0) is 48.6 Å². The average molecular weight is 419 g/mol. The van der Waals surface area contributed by atoms with E-state index in [1.807, 2.05) is 24.3 Å². The summed E-state index contributed by atoms with van der Waals surface area (Å²) in [5.41, 5.74) is 0.489. The highest BCUT2D eigenvalue weighted by molar-refractivity contribution is 6.32. The van der Waals surface area contributed by atoms with Gasteiger partial charge in [0.15, 0.2) is 6.61 Å². The molecule has 0 bridgehead atoms. The average Bonchev–Trinajstić information content (AvgIpc) is 3.55. The topological polar surface area (TPSA) is 108 Å². The molecule has 0 aliphatic heterocycles. The first kappa shape index (κ1) is 20.6. The third-order valence-corrected chi connectivity index (χ3v) is 4.92. The van der Waals surface area contributed by atoms with Crippen LogP contribution < -0.4 is 10.1 Å². The molecule has 0 spiro atoms. The maximum absolute atomic E-state index is 12.3. The van der Waals surface area contributed by atoms with Crippen LogP contribution in [-0.2, 0) is 9.53 Å². The summed E-state index contributed by atoms with van der Waals surface area (Å²) in [5.74, 6) is -0.232. The summed E-state index contributed by atoms with van der Waals surface area (Å²) >= 11 is 5.73. The first-order chi connectivity index (χ1) is 13.9. The molecule has 9 heteroatoms. The van der Waals surface area contributed by atoms with Crippen molar-refractivity contribution in [3.8, 4) is 5.75 Å². The normalized spacial score (nSPS) is 14.0. The van der Waals surface area contributed by atoms with E-state index < -0.39 is 29.1 Å². The fourth-order valence-corrected chi connectivity index (χ4v) is 3.11. The lowest BCUT2D eigenvalue weighted by Gasteiger charge is -2.19. The van der Waals surface area contributed by atoms with E-state index in [0.717, 1.165) is 30.2 Å². The van der Waals surface area contributed by atoms with E-state index in [1.165, 1.54) is 12.1 Å². The molecule has 1 unspecified atom stereocenters. The number of nitrogens with zero attached hydrogens (tertiary/aromatic N) is 1. The van der Waals surface area contributed by atoms with Crippen molar-refractivity contribution in [3.05, 3.63) is 68.7 Å². The Morgan fingerprint density at radius 3 is 2.52 bits per heavy atom. The zero-order chi connectivity index (χ0) is 21.0. The van der Waals surface area contributed by atoms with Gasteiger partial charge in [0.2, 0.25) is 0 Å².